The van der Waals surface area contributed by atoms with Crippen LogP contribution in [0.25, 0.3) is 0 Å². The molecule has 1 heterocycles. The number of carbonyl (C=O) groups excluding carboxylic acids is 1. The summed E-state index contributed by atoms with van der Waals surface area (Å²) in [5, 5.41) is 23.8. The molecule has 37 heavy (non-hydrogen) atoms. The van der Waals surface area contributed by atoms with Gasteiger partial charge in [-0.3, -0.25) is 4.79 Å². The van der Waals surface area contributed by atoms with Gasteiger partial charge < -0.3 is 20.5 Å². The van der Waals surface area contributed by atoms with Gasteiger partial charge in [-0.25, -0.2) is 22.2 Å². The first-order valence-corrected chi connectivity index (χ1v) is 13.6. The maximum atomic E-state index is 13.7. The van der Waals surface area contributed by atoms with Gasteiger partial charge in [0.05, 0.1) is 15.2 Å². The normalized spacial score (nSPS) is 26.1. The van der Waals surface area contributed by atoms with Crippen LogP contribution in [0.15, 0.2) is 53.7 Å². The zero-order valence-electron chi connectivity index (χ0n) is 19.4. The molecule has 3 aromatic rings. The minimum atomic E-state index is -4.03. The summed E-state index contributed by atoms with van der Waals surface area (Å²) in [6.07, 6.45) is 3.04. The molecule has 12 heteroatoms. The number of benzene rings is 2. The summed E-state index contributed by atoms with van der Waals surface area (Å²) >= 11 is 6.26. The number of imidazole rings is 1. The third kappa shape index (κ3) is 4.43. The first-order valence-electron chi connectivity index (χ1n) is 11.7. The second kappa shape index (κ2) is 9.46. The van der Waals surface area contributed by atoms with Gasteiger partial charge in [0.25, 0.3) is 5.91 Å². The van der Waals surface area contributed by atoms with Crippen LogP contribution in [-0.4, -0.2) is 45.4 Å². The fraction of sp³-hybridized carbons (Fsp3) is 0.360. The van der Waals surface area contributed by atoms with E-state index in [4.69, 9.17) is 11.6 Å². The van der Waals surface area contributed by atoms with E-state index in [-0.39, 0.29) is 39.8 Å². The largest absolute Gasteiger partial charge is 0.386 e. The number of carbonyl (C=O) groups is 1. The average Bonchev–Trinajstić information content (AvgIpc) is 3.43. The van der Waals surface area contributed by atoms with Crippen molar-refractivity contribution in [1.29, 1.82) is 0 Å². The summed E-state index contributed by atoms with van der Waals surface area (Å²) in [4.78, 5) is 19.4. The molecule has 2 bridgehead atoms. The zero-order valence-corrected chi connectivity index (χ0v) is 20.9. The molecule has 2 aliphatic rings. The number of sulfone groups is 1. The lowest BCUT2D eigenvalue weighted by molar-refractivity contribution is -0.147. The molecule has 1 amide bonds. The van der Waals surface area contributed by atoms with Gasteiger partial charge in [0.15, 0.2) is 21.5 Å². The molecule has 2 aliphatic carbocycles. The Morgan fingerprint density at radius 3 is 2.46 bits per heavy atom. The van der Waals surface area contributed by atoms with Crippen LogP contribution >= 0.6 is 11.6 Å². The number of nitrogens with zero attached hydrogens (tertiary/aromatic N) is 1. The number of amides is 1. The smallest absolute Gasteiger partial charge is 0.255 e. The van der Waals surface area contributed by atoms with Crippen molar-refractivity contribution in [2.24, 2.45) is 11.8 Å². The van der Waals surface area contributed by atoms with Crippen molar-refractivity contribution >= 4 is 33.0 Å². The van der Waals surface area contributed by atoms with Gasteiger partial charge >= 0.3 is 0 Å². The molecule has 5 rings (SSSR count). The molecule has 2 fully saturated rings. The second-order valence-electron chi connectivity index (χ2n) is 9.60. The van der Waals surface area contributed by atoms with Crippen molar-refractivity contribution in [3.05, 3.63) is 76.8 Å². The zero-order chi connectivity index (χ0) is 26.5. The summed E-state index contributed by atoms with van der Waals surface area (Å²) in [6.45, 7) is 0. The van der Waals surface area contributed by atoms with Crippen molar-refractivity contribution in [2.75, 3.05) is 5.32 Å². The molecule has 2 aromatic carbocycles. The van der Waals surface area contributed by atoms with Gasteiger partial charge in [-0.05, 0) is 67.9 Å². The van der Waals surface area contributed by atoms with Crippen molar-refractivity contribution < 1.29 is 32.2 Å². The molecule has 2 saturated carbocycles. The minimum Gasteiger partial charge on any atom is -0.386 e. The second-order valence-corrected chi connectivity index (χ2v) is 12.2. The van der Waals surface area contributed by atoms with Crippen LogP contribution in [0, 0.1) is 23.5 Å². The van der Waals surface area contributed by atoms with E-state index in [2.05, 4.69) is 15.3 Å². The number of halogens is 3. The molecule has 1 aromatic heterocycles. The fourth-order valence-electron chi connectivity index (χ4n) is 5.71. The van der Waals surface area contributed by atoms with Gasteiger partial charge in [0, 0.05) is 29.7 Å². The summed E-state index contributed by atoms with van der Waals surface area (Å²) in [6, 6.07) is 6.65. The third-order valence-corrected chi connectivity index (χ3v) is 10.3. The fourth-order valence-corrected chi connectivity index (χ4v) is 8.11. The molecule has 196 valence electrons. The number of fused-ring (bicyclic) bond motifs is 2. The van der Waals surface area contributed by atoms with E-state index in [9.17, 15) is 32.2 Å². The number of nitrogens with one attached hydrogen (secondary N) is 2. The minimum absolute atomic E-state index is 0.00140. The quantitative estimate of drug-likeness (QED) is 0.366. The Kier molecular flexibility index (Phi) is 6.59. The van der Waals surface area contributed by atoms with Gasteiger partial charge in [-0.2, -0.15) is 0 Å². The SMILES string of the molecule is O=C(Nc1ccc(F)c(F)c1)c1ccc(Cl)c(S(=O)(=O)[C@@H]2C[C@H]3CC[C@@H](C2)[C@@]3(O)C(O)c2ncc[nH]2)c1. The lowest BCUT2D eigenvalue weighted by Crippen LogP contribution is -2.52. The monoisotopic (exact) mass is 551 g/mol. The number of hydrogen-bond acceptors (Lipinski definition) is 6. The number of anilines is 1. The van der Waals surface area contributed by atoms with Gasteiger partial charge in [-0.1, -0.05) is 11.6 Å². The standard InChI is InChI=1S/C25H24ClF2N3O5S/c26-18-5-1-13(24(33)31-16-4-6-19(27)20(28)12-16)9-21(18)37(35,36)17-10-14-2-3-15(11-17)25(14,34)22(32)23-29-7-8-30-23/h1,4-9,12,14-15,17,22,32,34H,2-3,10-11H2,(H,29,30)(H,31,33)/t14-,15+,17-,22?,25-. The highest BCUT2D eigenvalue weighted by molar-refractivity contribution is 7.92. The number of aliphatic hydroxyl groups is 2. The summed E-state index contributed by atoms with van der Waals surface area (Å²) in [5.41, 5.74) is -1.54. The Balaban J connectivity index is 1.39. The number of H-pyrrole nitrogens is 1. The predicted molar refractivity (Wildman–Crippen MR) is 131 cm³/mol. The van der Waals surface area contributed by atoms with Crippen LogP contribution in [0.1, 0.15) is 48.0 Å². The topological polar surface area (TPSA) is 132 Å². The van der Waals surface area contributed by atoms with Crippen molar-refractivity contribution in [3.63, 3.8) is 0 Å². The number of rotatable bonds is 6. The number of hydrogen-bond donors (Lipinski definition) is 4. The first kappa shape index (κ1) is 25.8. The molecule has 0 saturated heterocycles. The van der Waals surface area contributed by atoms with E-state index in [0.29, 0.717) is 12.8 Å². The van der Waals surface area contributed by atoms with E-state index < -0.39 is 56.2 Å². The van der Waals surface area contributed by atoms with E-state index in [1.165, 1.54) is 30.6 Å². The van der Waals surface area contributed by atoms with E-state index in [1.807, 2.05) is 0 Å². The Labute approximate surface area is 216 Å². The van der Waals surface area contributed by atoms with Crippen LogP contribution in [0.3, 0.4) is 0 Å². The summed E-state index contributed by atoms with van der Waals surface area (Å²) in [7, 11) is -4.03. The van der Waals surface area contributed by atoms with Gasteiger partial charge in [0.1, 0.15) is 17.5 Å². The number of aromatic amines is 1. The number of aliphatic hydroxyl groups excluding tert-OH is 1. The van der Waals surface area contributed by atoms with Crippen LogP contribution < -0.4 is 5.32 Å². The molecule has 8 nitrogen and oxygen atoms in total. The molecule has 0 aliphatic heterocycles. The summed E-state index contributed by atoms with van der Waals surface area (Å²) < 4.78 is 54.0. The molecule has 0 radical (unpaired) electrons. The Morgan fingerprint density at radius 2 is 1.84 bits per heavy atom. The van der Waals surface area contributed by atoms with Crippen molar-refractivity contribution in [1.82, 2.24) is 9.97 Å². The van der Waals surface area contributed by atoms with E-state index in [0.717, 1.165) is 18.2 Å². The lowest BCUT2D eigenvalue weighted by atomic mass is 9.71. The highest BCUT2D eigenvalue weighted by Crippen LogP contribution is 2.56. The van der Waals surface area contributed by atoms with Crippen molar-refractivity contribution in [3.8, 4) is 0 Å². The van der Waals surface area contributed by atoms with E-state index in [1.54, 1.807) is 0 Å². The Morgan fingerprint density at radius 1 is 1.14 bits per heavy atom. The lowest BCUT2D eigenvalue weighted by Gasteiger charge is -2.44. The maximum absolute atomic E-state index is 13.7. The van der Waals surface area contributed by atoms with Crippen LogP contribution in [-0.2, 0) is 9.84 Å². The summed E-state index contributed by atoms with van der Waals surface area (Å²) in [5.74, 6) is -3.67. The molecular weight excluding hydrogens is 528 g/mol. The molecule has 4 N–H and O–H groups in total. The molecular formula is C25H24ClF2N3O5S. The third-order valence-electron chi connectivity index (χ3n) is 7.60. The Hall–Kier alpha value is -2.86. The average molecular weight is 552 g/mol. The van der Waals surface area contributed by atoms with Crippen LogP contribution in [0.4, 0.5) is 14.5 Å². The van der Waals surface area contributed by atoms with Crippen LogP contribution in [0.5, 0.6) is 0 Å². The molecule has 0 spiro atoms. The maximum Gasteiger partial charge on any atom is 0.255 e. The first-order chi connectivity index (χ1) is 17.5. The van der Waals surface area contributed by atoms with Gasteiger partial charge in [-0.15, -0.1) is 0 Å². The molecule has 5 atom stereocenters. The van der Waals surface area contributed by atoms with Gasteiger partial charge in [0.2, 0.25) is 0 Å². The Bertz CT molecular complexity index is 1440. The highest BCUT2D eigenvalue weighted by Gasteiger charge is 2.59. The van der Waals surface area contributed by atoms with E-state index >= 15 is 0 Å². The van der Waals surface area contributed by atoms with Crippen LogP contribution in [0.2, 0.25) is 5.02 Å². The predicted octanol–water partition coefficient (Wildman–Crippen LogP) is 4.02. The number of aromatic nitrogens is 2. The highest BCUT2D eigenvalue weighted by atomic mass is 35.5. The molecule has 1 unspecified atom stereocenters. The van der Waals surface area contributed by atoms with Crippen molar-refractivity contribution in [2.45, 2.75) is 47.5 Å².